The highest BCUT2D eigenvalue weighted by Crippen LogP contribution is 2.18. The number of ether oxygens (including phenoxy) is 1. The third-order valence-electron chi connectivity index (χ3n) is 3.20. The van der Waals surface area contributed by atoms with Crippen LogP contribution < -0.4 is 15.8 Å². The second kappa shape index (κ2) is 6.22. The minimum absolute atomic E-state index is 0.0250. The molecule has 19 heavy (non-hydrogen) atoms. The Bertz CT molecular complexity index is 450. The lowest BCUT2D eigenvalue weighted by Crippen LogP contribution is -2.32. The number of benzene rings is 1. The first kappa shape index (κ1) is 13.4. The zero-order valence-electron chi connectivity index (χ0n) is 10.8. The maximum absolute atomic E-state index is 12.0. The van der Waals surface area contributed by atoms with Crippen LogP contribution in [0.2, 0.25) is 0 Å². The first-order valence-electron chi connectivity index (χ1n) is 6.52. The molecule has 1 saturated carbocycles. The Labute approximate surface area is 112 Å². The first-order chi connectivity index (χ1) is 9.15. The molecule has 0 aliphatic heterocycles. The average molecular weight is 261 g/mol. The monoisotopic (exact) mass is 261 g/mol. The van der Waals surface area contributed by atoms with Gasteiger partial charge < -0.3 is 15.8 Å². The number of nitrogens with one attached hydrogen (secondary N) is 2. The predicted molar refractivity (Wildman–Crippen MR) is 73.6 cm³/mol. The van der Waals surface area contributed by atoms with Gasteiger partial charge in [0.25, 0.3) is 5.91 Å². The van der Waals surface area contributed by atoms with Crippen molar-refractivity contribution in [2.24, 2.45) is 5.73 Å². The van der Waals surface area contributed by atoms with Crippen LogP contribution in [0.5, 0.6) is 5.75 Å². The molecule has 0 spiro atoms. The van der Waals surface area contributed by atoms with E-state index in [2.05, 4.69) is 5.32 Å². The fourth-order valence-electron chi connectivity index (χ4n) is 2.20. The van der Waals surface area contributed by atoms with E-state index in [1.807, 2.05) is 0 Å². The summed E-state index contributed by atoms with van der Waals surface area (Å²) in [4.78, 5) is 12.0. The summed E-state index contributed by atoms with van der Waals surface area (Å²) in [7, 11) is 0. The van der Waals surface area contributed by atoms with Crippen LogP contribution in [0.4, 0.5) is 0 Å². The largest absolute Gasteiger partial charge is 0.486 e. The molecule has 0 saturated heterocycles. The molecule has 5 nitrogen and oxygen atoms in total. The SMILES string of the molecule is N=C(N)COc1ccc(C(=O)NC2CCCC2)cc1. The van der Waals surface area contributed by atoms with Gasteiger partial charge >= 0.3 is 0 Å². The molecule has 4 N–H and O–H groups in total. The molecule has 2 rings (SSSR count). The lowest BCUT2D eigenvalue weighted by atomic mass is 10.1. The molecule has 0 aromatic heterocycles. The zero-order chi connectivity index (χ0) is 13.7. The molecule has 1 aromatic rings. The summed E-state index contributed by atoms with van der Waals surface area (Å²) in [6, 6.07) is 7.19. The summed E-state index contributed by atoms with van der Waals surface area (Å²) in [6.07, 6.45) is 4.54. The number of amidine groups is 1. The van der Waals surface area contributed by atoms with E-state index < -0.39 is 0 Å². The molecular weight excluding hydrogens is 242 g/mol. The molecule has 1 aliphatic rings. The van der Waals surface area contributed by atoms with Gasteiger partial charge in [-0.1, -0.05) is 12.8 Å². The number of carbonyl (C=O) groups excluding carboxylic acids is 1. The molecule has 1 aromatic carbocycles. The average Bonchev–Trinajstić information content (AvgIpc) is 2.89. The van der Waals surface area contributed by atoms with Gasteiger partial charge in [0.1, 0.15) is 18.2 Å². The Kier molecular flexibility index (Phi) is 4.39. The molecule has 102 valence electrons. The van der Waals surface area contributed by atoms with E-state index >= 15 is 0 Å². The predicted octanol–water partition coefficient (Wildman–Crippen LogP) is 1.67. The molecular formula is C14H19N3O2. The van der Waals surface area contributed by atoms with Gasteiger partial charge in [0.2, 0.25) is 0 Å². The van der Waals surface area contributed by atoms with E-state index in [0.29, 0.717) is 17.4 Å². The summed E-state index contributed by atoms with van der Waals surface area (Å²) >= 11 is 0. The lowest BCUT2D eigenvalue weighted by molar-refractivity contribution is 0.0938. The van der Waals surface area contributed by atoms with E-state index in [0.717, 1.165) is 12.8 Å². The van der Waals surface area contributed by atoms with Crippen LogP contribution in [0.1, 0.15) is 36.0 Å². The Morgan fingerprint density at radius 2 is 1.95 bits per heavy atom. The second-order valence-corrected chi connectivity index (χ2v) is 4.79. The van der Waals surface area contributed by atoms with Gasteiger partial charge in [-0.25, -0.2) is 0 Å². The van der Waals surface area contributed by atoms with Crippen molar-refractivity contribution in [3.8, 4) is 5.75 Å². The zero-order valence-corrected chi connectivity index (χ0v) is 10.8. The second-order valence-electron chi connectivity index (χ2n) is 4.79. The molecule has 0 atom stereocenters. The molecule has 0 radical (unpaired) electrons. The van der Waals surface area contributed by atoms with E-state index in [1.54, 1.807) is 24.3 Å². The lowest BCUT2D eigenvalue weighted by Gasteiger charge is -2.12. The van der Waals surface area contributed by atoms with Crippen LogP contribution >= 0.6 is 0 Å². The van der Waals surface area contributed by atoms with Crippen LogP contribution in [0, 0.1) is 5.41 Å². The first-order valence-corrected chi connectivity index (χ1v) is 6.52. The van der Waals surface area contributed by atoms with E-state index in [9.17, 15) is 4.79 Å². The van der Waals surface area contributed by atoms with E-state index in [1.165, 1.54) is 12.8 Å². The highest BCUT2D eigenvalue weighted by molar-refractivity contribution is 5.94. The summed E-state index contributed by atoms with van der Waals surface area (Å²) < 4.78 is 5.25. The molecule has 1 amide bonds. The van der Waals surface area contributed by atoms with Crippen molar-refractivity contribution in [2.45, 2.75) is 31.7 Å². The molecule has 1 aliphatic carbocycles. The summed E-state index contributed by atoms with van der Waals surface area (Å²) in [5.74, 6) is 0.542. The minimum Gasteiger partial charge on any atom is -0.486 e. The number of carbonyl (C=O) groups is 1. The van der Waals surface area contributed by atoms with Crippen LogP contribution in [0.3, 0.4) is 0 Å². The third-order valence-corrected chi connectivity index (χ3v) is 3.20. The van der Waals surface area contributed by atoms with E-state index in [4.69, 9.17) is 15.9 Å². The van der Waals surface area contributed by atoms with E-state index in [-0.39, 0.29) is 18.3 Å². The smallest absolute Gasteiger partial charge is 0.251 e. The van der Waals surface area contributed by atoms with Crippen LogP contribution in [-0.4, -0.2) is 24.4 Å². The highest BCUT2D eigenvalue weighted by atomic mass is 16.5. The molecule has 0 bridgehead atoms. The molecule has 0 heterocycles. The van der Waals surface area contributed by atoms with Gasteiger partial charge in [-0.3, -0.25) is 10.2 Å². The number of hydrogen-bond acceptors (Lipinski definition) is 3. The summed E-state index contributed by atoms with van der Waals surface area (Å²) in [5.41, 5.74) is 5.83. The standard InChI is InChI=1S/C14H19N3O2/c15-13(16)9-19-12-7-5-10(6-8-12)14(18)17-11-3-1-2-4-11/h5-8,11H,1-4,9H2,(H3,15,16)(H,17,18). The number of amides is 1. The maximum Gasteiger partial charge on any atom is 0.251 e. The summed E-state index contributed by atoms with van der Waals surface area (Å²) in [6.45, 7) is 0.0631. The van der Waals surface area contributed by atoms with Crippen molar-refractivity contribution in [3.63, 3.8) is 0 Å². The van der Waals surface area contributed by atoms with Crippen molar-refractivity contribution < 1.29 is 9.53 Å². The quantitative estimate of drug-likeness (QED) is 0.556. The van der Waals surface area contributed by atoms with Crippen molar-refractivity contribution in [1.29, 1.82) is 5.41 Å². The van der Waals surface area contributed by atoms with Crippen molar-refractivity contribution in [2.75, 3.05) is 6.61 Å². The fraction of sp³-hybridized carbons (Fsp3) is 0.429. The van der Waals surface area contributed by atoms with Gasteiger partial charge in [-0.05, 0) is 37.1 Å². The van der Waals surface area contributed by atoms with Crippen molar-refractivity contribution in [1.82, 2.24) is 5.32 Å². The van der Waals surface area contributed by atoms with Crippen molar-refractivity contribution >= 4 is 11.7 Å². The number of hydrogen-bond donors (Lipinski definition) is 3. The molecule has 0 unspecified atom stereocenters. The normalized spacial score (nSPS) is 15.2. The molecule has 5 heteroatoms. The minimum atomic E-state index is -0.0370. The Balaban J connectivity index is 1.89. The number of rotatable bonds is 5. The van der Waals surface area contributed by atoms with Gasteiger partial charge in [-0.2, -0.15) is 0 Å². The number of nitrogens with two attached hydrogens (primary N) is 1. The highest BCUT2D eigenvalue weighted by Gasteiger charge is 2.17. The Hall–Kier alpha value is -2.04. The van der Waals surface area contributed by atoms with Crippen LogP contribution in [0.15, 0.2) is 24.3 Å². The van der Waals surface area contributed by atoms with Crippen LogP contribution in [-0.2, 0) is 0 Å². The third kappa shape index (κ3) is 3.98. The van der Waals surface area contributed by atoms with Gasteiger partial charge in [0.15, 0.2) is 0 Å². The topological polar surface area (TPSA) is 88.2 Å². The Morgan fingerprint density at radius 3 is 2.53 bits per heavy atom. The van der Waals surface area contributed by atoms with Gasteiger partial charge in [0.05, 0.1) is 0 Å². The molecule has 1 fully saturated rings. The Morgan fingerprint density at radius 1 is 1.32 bits per heavy atom. The summed E-state index contributed by atoms with van der Waals surface area (Å²) in [5, 5.41) is 10.1. The van der Waals surface area contributed by atoms with Crippen LogP contribution in [0.25, 0.3) is 0 Å². The maximum atomic E-state index is 12.0. The fourth-order valence-corrected chi connectivity index (χ4v) is 2.20. The van der Waals surface area contributed by atoms with Crippen molar-refractivity contribution in [3.05, 3.63) is 29.8 Å². The van der Waals surface area contributed by atoms with Gasteiger partial charge in [0, 0.05) is 11.6 Å². The van der Waals surface area contributed by atoms with Gasteiger partial charge in [-0.15, -0.1) is 0 Å².